The van der Waals surface area contributed by atoms with Crippen LogP contribution in [0.5, 0.6) is 0 Å². The molecule has 1 aliphatic heterocycles. The molecular formula is C12H21N5O. The molecule has 0 bridgehead atoms. The second-order valence-electron chi connectivity index (χ2n) is 4.69. The number of nitrogens with zero attached hydrogens (tertiary/aromatic N) is 3. The van der Waals surface area contributed by atoms with Crippen molar-refractivity contribution in [1.29, 1.82) is 0 Å². The molecular weight excluding hydrogens is 230 g/mol. The second-order valence-corrected chi connectivity index (χ2v) is 4.69. The Labute approximate surface area is 108 Å². The molecule has 2 unspecified atom stereocenters. The van der Waals surface area contributed by atoms with Crippen molar-refractivity contribution in [3.63, 3.8) is 0 Å². The second kappa shape index (κ2) is 5.49. The maximum atomic E-state index is 5.69. The van der Waals surface area contributed by atoms with Gasteiger partial charge in [-0.15, -0.1) is 0 Å². The Balaban J connectivity index is 2.29. The van der Waals surface area contributed by atoms with Crippen LogP contribution in [-0.2, 0) is 4.74 Å². The summed E-state index contributed by atoms with van der Waals surface area (Å²) < 4.78 is 5.69. The van der Waals surface area contributed by atoms with E-state index in [4.69, 9.17) is 10.6 Å². The van der Waals surface area contributed by atoms with Crippen molar-refractivity contribution in [2.24, 2.45) is 5.84 Å². The average Bonchev–Trinajstić information content (AvgIpc) is 2.38. The van der Waals surface area contributed by atoms with E-state index in [-0.39, 0.29) is 6.10 Å². The van der Waals surface area contributed by atoms with E-state index in [9.17, 15) is 0 Å². The van der Waals surface area contributed by atoms with Crippen LogP contribution in [0.15, 0.2) is 6.07 Å². The summed E-state index contributed by atoms with van der Waals surface area (Å²) >= 11 is 0. The summed E-state index contributed by atoms with van der Waals surface area (Å²) in [7, 11) is 0. The Kier molecular flexibility index (Phi) is 3.98. The maximum Gasteiger partial charge on any atom is 0.239 e. The molecule has 2 atom stereocenters. The van der Waals surface area contributed by atoms with Gasteiger partial charge in [0.05, 0.1) is 18.8 Å². The third-order valence-electron chi connectivity index (χ3n) is 3.20. The van der Waals surface area contributed by atoms with Crippen LogP contribution < -0.4 is 16.2 Å². The molecule has 3 N–H and O–H groups in total. The lowest BCUT2D eigenvalue weighted by Crippen LogP contribution is -2.49. The largest absolute Gasteiger partial charge is 0.375 e. The van der Waals surface area contributed by atoms with Crippen LogP contribution in [-0.4, -0.2) is 35.3 Å². The summed E-state index contributed by atoms with van der Waals surface area (Å²) in [4.78, 5) is 10.9. The van der Waals surface area contributed by atoms with Gasteiger partial charge in [-0.05, 0) is 20.3 Å². The van der Waals surface area contributed by atoms with Gasteiger partial charge in [0.25, 0.3) is 0 Å². The monoisotopic (exact) mass is 251 g/mol. The van der Waals surface area contributed by atoms with Crippen LogP contribution in [0.4, 0.5) is 11.8 Å². The molecule has 1 aromatic rings. The smallest absolute Gasteiger partial charge is 0.239 e. The van der Waals surface area contributed by atoms with Gasteiger partial charge in [-0.3, -0.25) is 5.43 Å². The number of nitrogens with one attached hydrogen (secondary N) is 1. The summed E-state index contributed by atoms with van der Waals surface area (Å²) in [5.74, 6) is 6.77. The molecule has 18 heavy (non-hydrogen) atoms. The van der Waals surface area contributed by atoms with Crippen LogP contribution in [0.25, 0.3) is 0 Å². The first-order valence-electron chi connectivity index (χ1n) is 6.34. The molecule has 0 amide bonds. The molecule has 6 heteroatoms. The number of hydrogen-bond donors (Lipinski definition) is 2. The van der Waals surface area contributed by atoms with Crippen LogP contribution >= 0.6 is 0 Å². The zero-order chi connectivity index (χ0) is 13.1. The average molecular weight is 251 g/mol. The van der Waals surface area contributed by atoms with Gasteiger partial charge < -0.3 is 9.64 Å². The summed E-state index contributed by atoms with van der Waals surface area (Å²) in [5.41, 5.74) is 3.42. The standard InChI is InChI=1S/C12H21N5O/c1-4-10-7-18-9(3)6-17(10)11-5-8(2)14-12(15-11)16-13/h5,9-10H,4,6-7,13H2,1-3H3,(H,14,15,16). The highest BCUT2D eigenvalue weighted by molar-refractivity contribution is 5.46. The number of morpholine rings is 1. The minimum atomic E-state index is 0.220. The fraction of sp³-hybridized carbons (Fsp3) is 0.667. The SMILES string of the molecule is CCC1COC(C)CN1c1cc(C)nc(NN)n1. The topological polar surface area (TPSA) is 76.3 Å². The van der Waals surface area contributed by atoms with Crippen molar-refractivity contribution in [3.05, 3.63) is 11.8 Å². The molecule has 0 spiro atoms. The quantitative estimate of drug-likeness (QED) is 0.618. The van der Waals surface area contributed by atoms with Crippen LogP contribution in [0.2, 0.25) is 0 Å². The Morgan fingerprint density at radius 3 is 3.00 bits per heavy atom. The van der Waals surface area contributed by atoms with Gasteiger partial charge in [-0.2, -0.15) is 4.98 Å². The molecule has 1 fully saturated rings. The molecule has 6 nitrogen and oxygen atoms in total. The van der Waals surface area contributed by atoms with E-state index in [1.54, 1.807) is 0 Å². The van der Waals surface area contributed by atoms with Gasteiger partial charge >= 0.3 is 0 Å². The van der Waals surface area contributed by atoms with Gasteiger partial charge in [-0.1, -0.05) is 6.92 Å². The van der Waals surface area contributed by atoms with E-state index < -0.39 is 0 Å². The Morgan fingerprint density at radius 1 is 1.56 bits per heavy atom. The third-order valence-corrected chi connectivity index (χ3v) is 3.20. The zero-order valence-electron chi connectivity index (χ0n) is 11.2. The number of nitrogen functional groups attached to an aromatic ring is 1. The predicted octanol–water partition coefficient (Wildman–Crippen LogP) is 1.07. The fourth-order valence-corrected chi connectivity index (χ4v) is 2.23. The van der Waals surface area contributed by atoms with Gasteiger partial charge in [0.2, 0.25) is 5.95 Å². The first-order chi connectivity index (χ1) is 8.63. The molecule has 1 saturated heterocycles. The van der Waals surface area contributed by atoms with Gasteiger partial charge in [0.1, 0.15) is 5.82 Å². The van der Waals surface area contributed by atoms with Crippen molar-refractivity contribution < 1.29 is 4.74 Å². The third kappa shape index (κ3) is 2.70. The number of hydrazine groups is 1. The fourth-order valence-electron chi connectivity index (χ4n) is 2.23. The van der Waals surface area contributed by atoms with Crippen LogP contribution in [0.1, 0.15) is 26.0 Å². The van der Waals surface area contributed by atoms with Gasteiger partial charge in [0, 0.05) is 18.3 Å². The van der Waals surface area contributed by atoms with E-state index in [1.807, 2.05) is 13.0 Å². The number of anilines is 2. The summed E-state index contributed by atoms with van der Waals surface area (Å²) in [6.45, 7) is 7.77. The number of rotatable bonds is 3. The molecule has 2 rings (SSSR count). The minimum absolute atomic E-state index is 0.220. The minimum Gasteiger partial charge on any atom is -0.375 e. The highest BCUT2D eigenvalue weighted by Crippen LogP contribution is 2.23. The highest BCUT2D eigenvalue weighted by atomic mass is 16.5. The normalized spacial score (nSPS) is 24.1. The Morgan fingerprint density at radius 2 is 2.33 bits per heavy atom. The molecule has 100 valence electrons. The summed E-state index contributed by atoms with van der Waals surface area (Å²) in [5, 5.41) is 0. The first kappa shape index (κ1) is 13.0. The number of nitrogens with two attached hydrogens (primary N) is 1. The number of ether oxygens (including phenoxy) is 1. The Hall–Kier alpha value is -1.40. The molecule has 0 aliphatic carbocycles. The predicted molar refractivity (Wildman–Crippen MR) is 71.4 cm³/mol. The molecule has 1 aromatic heterocycles. The lowest BCUT2D eigenvalue weighted by atomic mass is 10.1. The molecule has 1 aliphatic rings. The van der Waals surface area contributed by atoms with Crippen LogP contribution in [0, 0.1) is 6.92 Å². The highest BCUT2D eigenvalue weighted by Gasteiger charge is 2.27. The number of aromatic nitrogens is 2. The number of aryl methyl sites for hydroxylation is 1. The summed E-state index contributed by atoms with van der Waals surface area (Å²) in [6.07, 6.45) is 1.25. The maximum absolute atomic E-state index is 5.69. The molecule has 2 heterocycles. The zero-order valence-corrected chi connectivity index (χ0v) is 11.2. The van der Waals surface area contributed by atoms with Crippen molar-refractivity contribution in [2.45, 2.75) is 39.3 Å². The van der Waals surface area contributed by atoms with Gasteiger partial charge in [-0.25, -0.2) is 10.8 Å². The van der Waals surface area contributed by atoms with E-state index >= 15 is 0 Å². The van der Waals surface area contributed by atoms with E-state index in [1.165, 1.54) is 0 Å². The van der Waals surface area contributed by atoms with Crippen molar-refractivity contribution in [1.82, 2.24) is 9.97 Å². The van der Waals surface area contributed by atoms with Gasteiger partial charge in [0.15, 0.2) is 0 Å². The van der Waals surface area contributed by atoms with Crippen LogP contribution in [0.3, 0.4) is 0 Å². The van der Waals surface area contributed by atoms with Crippen molar-refractivity contribution in [3.8, 4) is 0 Å². The summed E-state index contributed by atoms with van der Waals surface area (Å²) in [6, 6.07) is 2.35. The van der Waals surface area contributed by atoms with E-state index in [0.29, 0.717) is 12.0 Å². The molecule has 0 saturated carbocycles. The lowest BCUT2D eigenvalue weighted by molar-refractivity contribution is 0.0296. The van der Waals surface area contributed by atoms with E-state index in [2.05, 4.69) is 34.1 Å². The number of hydrogen-bond acceptors (Lipinski definition) is 6. The first-order valence-corrected chi connectivity index (χ1v) is 6.34. The molecule has 0 radical (unpaired) electrons. The van der Waals surface area contributed by atoms with E-state index in [0.717, 1.165) is 31.1 Å². The van der Waals surface area contributed by atoms with Crippen molar-refractivity contribution >= 4 is 11.8 Å². The molecule has 0 aromatic carbocycles. The lowest BCUT2D eigenvalue weighted by Gasteiger charge is -2.39. The Bertz CT molecular complexity index is 411. The van der Waals surface area contributed by atoms with Crippen molar-refractivity contribution in [2.75, 3.05) is 23.5 Å².